The molecule has 1 aliphatic rings. The molecule has 0 radical (unpaired) electrons. The number of alkyl halides is 2. The first-order chi connectivity index (χ1) is 10.4. The molecule has 0 aromatic heterocycles. The fraction of sp³-hybridized carbons (Fsp3) is 0.533. The zero-order chi connectivity index (χ0) is 16.2. The number of esters is 1. The zero-order valence-electron chi connectivity index (χ0n) is 12.4. The summed E-state index contributed by atoms with van der Waals surface area (Å²) in [4.78, 5) is 12.6. The van der Waals surface area contributed by atoms with Gasteiger partial charge in [0.1, 0.15) is 18.4 Å². The maximum atomic E-state index is 14.2. The van der Waals surface area contributed by atoms with E-state index in [4.69, 9.17) is 9.84 Å². The molecule has 1 aromatic rings. The molecular formula is C15H20F2N2O3. The van der Waals surface area contributed by atoms with Crippen LogP contribution < -0.4 is 10.1 Å². The Labute approximate surface area is 127 Å². The summed E-state index contributed by atoms with van der Waals surface area (Å²) in [6.07, 6.45) is 0. The standard InChI is InChI=1S/C15H20F2N2O3/c1-11(21)22-13-4-2-12(3-5-13)14(15(16,17)10-20)19-8-6-18-7-9-19/h2-5,14,18,20H,6-10H2,1H3/t14-/m1/s1. The van der Waals surface area contributed by atoms with E-state index in [0.717, 1.165) is 0 Å². The smallest absolute Gasteiger partial charge is 0.308 e. The Morgan fingerprint density at radius 2 is 1.95 bits per heavy atom. The van der Waals surface area contributed by atoms with Gasteiger partial charge in [0.25, 0.3) is 5.92 Å². The molecule has 0 aliphatic carbocycles. The van der Waals surface area contributed by atoms with Gasteiger partial charge in [0.15, 0.2) is 0 Å². The number of hydrogen-bond donors (Lipinski definition) is 2. The molecule has 1 fully saturated rings. The van der Waals surface area contributed by atoms with Gasteiger partial charge in [-0.3, -0.25) is 9.69 Å². The molecule has 0 bridgehead atoms. The van der Waals surface area contributed by atoms with Crippen LogP contribution in [0.3, 0.4) is 0 Å². The molecule has 1 aliphatic heterocycles. The summed E-state index contributed by atoms with van der Waals surface area (Å²) in [7, 11) is 0. The summed E-state index contributed by atoms with van der Waals surface area (Å²) in [5, 5.41) is 12.2. The van der Waals surface area contributed by atoms with Gasteiger partial charge >= 0.3 is 5.97 Å². The van der Waals surface area contributed by atoms with Crippen LogP contribution in [0.15, 0.2) is 24.3 Å². The second-order valence-electron chi connectivity index (χ2n) is 5.27. The van der Waals surface area contributed by atoms with E-state index in [1.807, 2.05) is 0 Å². The molecule has 1 saturated heterocycles. The Balaban J connectivity index is 2.26. The molecular weight excluding hydrogens is 294 g/mol. The van der Waals surface area contributed by atoms with Crippen molar-refractivity contribution in [1.29, 1.82) is 0 Å². The van der Waals surface area contributed by atoms with E-state index in [-0.39, 0.29) is 0 Å². The van der Waals surface area contributed by atoms with Crippen LogP contribution in [0, 0.1) is 0 Å². The first-order valence-corrected chi connectivity index (χ1v) is 7.16. The maximum Gasteiger partial charge on any atom is 0.308 e. The van der Waals surface area contributed by atoms with E-state index in [0.29, 0.717) is 37.5 Å². The van der Waals surface area contributed by atoms with Crippen LogP contribution in [-0.4, -0.2) is 54.7 Å². The third-order valence-electron chi connectivity index (χ3n) is 3.59. The lowest BCUT2D eigenvalue weighted by molar-refractivity contribution is -0.131. The van der Waals surface area contributed by atoms with Crippen molar-refractivity contribution in [2.45, 2.75) is 18.9 Å². The van der Waals surface area contributed by atoms with Crippen LogP contribution in [0.1, 0.15) is 18.5 Å². The Bertz CT molecular complexity index is 502. The molecule has 0 spiro atoms. The van der Waals surface area contributed by atoms with Gasteiger partial charge in [-0.1, -0.05) is 12.1 Å². The van der Waals surface area contributed by atoms with Crippen LogP contribution in [0.4, 0.5) is 8.78 Å². The van der Waals surface area contributed by atoms with Crippen molar-refractivity contribution in [1.82, 2.24) is 10.2 Å². The largest absolute Gasteiger partial charge is 0.427 e. The van der Waals surface area contributed by atoms with Crippen molar-refractivity contribution >= 4 is 5.97 Å². The first kappa shape index (κ1) is 16.8. The summed E-state index contributed by atoms with van der Waals surface area (Å²) >= 11 is 0. The minimum Gasteiger partial charge on any atom is -0.427 e. The number of ether oxygens (including phenoxy) is 1. The molecule has 2 N–H and O–H groups in total. The lowest BCUT2D eigenvalue weighted by Gasteiger charge is -2.38. The van der Waals surface area contributed by atoms with Crippen molar-refractivity contribution in [2.75, 3.05) is 32.8 Å². The third kappa shape index (κ3) is 4.00. The number of benzene rings is 1. The molecule has 2 rings (SSSR count). The molecule has 22 heavy (non-hydrogen) atoms. The van der Waals surface area contributed by atoms with Gasteiger partial charge in [0.2, 0.25) is 0 Å². The molecule has 0 amide bonds. The average molecular weight is 314 g/mol. The summed E-state index contributed by atoms with van der Waals surface area (Å²) in [5.74, 6) is -3.41. The number of rotatable bonds is 5. The molecule has 0 saturated carbocycles. The van der Waals surface area contributed by atoms with Gasteiger partial charge in [0.05, 0.1) is 0 Å². The third-order valence-corrected chi connectivity index (χ3v) is 3.59. The highest BCUT2D eigenvalue weighted by Gasteiger charge is 2.43. The molecule has 0 unspecified atom stereocenters. The van der Waals surface area contributed by atoms with Crippen LogP contribution in [-0.2, 0) is 4.79 Å². The number of piperazine rings is 1. The molecule has 1 atom stereocenters. The topological polar surface area (TPSA) is 61.8 Å². The number of aliphatic hydroxyl groups excluding tert-OH is 1. The van der Waals surface area contributed by atoms with Crippen LogP contribution in [0.5, 0.6) is 5.75 Å². The summed E-state index contributed by atoms with van der Waals surface area (Å²) in [5.41, 5.74) is 0.386. The quantitative estimate of drug-likeness (QED) is 0.631. The minimum absolute atomic E-state index is 0.308. The van der Waals surface area contributed by atoms with Crippen molar-refractivity contribution in [3.8, 4) is 5.75 Å². The summed E-state index contributed by atoms with van der Waals surface area (Å²) < 4.78 is 33.3. The number of halogens is 2. The zero-order valence-corrected chi connectivity index (χ0v) is 12.4. The Morgan fingerprint density at radius 1 is 1.36 bits per heavy atom. The summed E-state index contributed by atoms with van der Waals surface area (Å²) in [6, 6.07) is 4.79. The molecule has 7 heteroatoms. The Morgan fingerprint density at radius 3 is 2.45 bits per heavy atom. The number of nitrogens with one attached hydrogen (secondary N) is 1. The number of carbonyl (C=O) groups is 1. The number of hydrogen-bond acceptors (Lipinski definition) is 5. The van der Waals surface area contributed by atoms with Crippen LogP contribution in [0.25, 0.3) is 0 Å². The molecule has 122 valence electrons. The number of nitrogens with zero attached hydrogens (tertiary/aromatic N) is 1. The second kappa shape index (κ2) is 7.13. The van der Waals surface area contributed by atoms with Gasteiger partial charge in [0, 0.05) is 33.1 Å². The van der Waals surface area contributed by atoms with Crippen LogP contribution >= 0.6 is 0 Å². The van der Waals surface area contributed by atoms with Gasteiger partial charge in [-0.15, -0.1) is 0 Å². The Kier molecular flexibility index (Phi) is 5.44. The Hall–Kier alpha value is -1.57. The van der Waals surface area contributed by atoms with E-state index in [9.17, 15) is 13.6 Å². The molecule has 1 aromatic carbocycles. The van der Waals surface area contributed by atoms with Crippen molar-refractivity contribution in [3.63, 3.8) is 0 Å². The highest BCUT2D eigenvalue weighted by molar-refractivity contribution is 5.69. The van der Waals surface area contributed by atoms with Gasteiger partial charge in [-0.2, -0.15) is 0 Å². The second-order valence-corrected chi connectivity index (χ2v) is 5.27. The highest BCUT2D eigenvalue weighted by Crippen LogP contribution is 2.37. The molecule has 5 nitrogen and oxygen atoms in total. The average Bonchev–Trinajstić information content (AvgIpc) is 2.49. The maximum absolute atomic E-state index is 14.2. The van der Waals surface area contributed by atoms with E-state index < -0.39 is 24.5 Å². The van der Waals surface area contributed by atoms with Gasteiger partial charge in [-0.05, 0) is 17.7 Å². The SMILES string of the molecule is CC(=O)Oc1ccc([C@@H](N2CCNCC2)C(F)(F)CO)cc1. The van der Waals surface area contributed by atoms with Crippen molar-refractivity contribution < 1.29 is 23.4 Å². The van der Waals surface area contributed by atoms with Crippen molar-refractivity contribution in [3.05, 3.63) is 29.8 Å². The van der Waals surface area contributed by atoms with Gasteiger partial charge in [-0.25, -0.2) is 8.78 Å². The monoisotopic (exact) mass is 314 g/mol. The van der Waals surface area contributed by atoms with Crippen molar-refractivity contribution in [2.24, 2.45) is 0 Å². The first-order valence-electron chi connectivity index (χ1n) is 7.16. The number of aliphatic hydroxyl groups is 1. The highest BCUT2D eigenvalue weighted by atomic mass is 19.3. The van der Waals surface area contributed by atoms with E-state index in [2.05, 4.69) is 5.32 Å². The van der Waals surface area contributed by atoms with Crippen LogP contribution in [0.2, 0.25) is 0 Å². The van der Waals surface area contributed by atoms with E-state index in [1.165, 1.54) is 31.2 Å². The lowest BCUT2D eigenvalue weighted by Crippen LogP contribution is -2.51. The van der Waals surface area contributed by atoms with Gasteiger partial charge < -0.3 is 15.2 Å². The number of carbonyl (C=O) groups excluding carboxylic acids is 1. The summed E-state index contributed by atoms with van der Waals surface area (Å²) in [6.45, 7) is 2.27. The normalized spacial score (nSPS) is 18.0. The fourth-order valence-electron chi connectivity index (χ4n) is 2.63. The minimum atomic E-state index is -3.25. The lowest BCUT2D eigenvalue weighted by atomic mass is 9.98. The fourth-order valence-corrected chi connectivity index (χ4v) is 2.63. The predicted octanol–water partition coefficient (Wildman–Crippen LogP) is 1.19. The van der Waals surface area contributed by atoms with E-state index >= 15 is 0 Å². The van der Waals surface area contributed by atoms with E-state index in [1.54, 1.807) is 4.90 Å². The molecule has 1 heterocycles. The predicted molar refractivity (Wildman–Crippen MR) is 77.0 cm³/mol.